The van der Waals surface area contributed by atoms with Crippen LogP contribution >= 0.6 is 11.6 Å². The van der Waals surface area contributed by atoms with Crippen LogP contribution in [0, 0.1) is 0 Å². The zero-order valence-corrected chi connectivity index (χ0v) is 43.6. The molecule has 2 aromatic heterocycles. The first kappa shape index (κ1) is 51.4. The Morgan fingerprint density at radius 3 is 2.00 bits per heavy atom. The number of hydrogen-bond acceptors (Lipinski definition) is 10. The van der Waals surface area contributed by atoms with Gasteiger partial charge in [-0.05, 0) is 95.3 Å². The molecule has 0 aliphatic carbocycles. The summed E-state index contributed by atoms with van der Waals surface area (Å²) in [5.74, 6) is 3.27. The van der Waals surface area contributed by atoms with Gasteiger partial charge in [0.05, 0.1) is 47.5 Å². The minimum atomic E-state index is -4.17. The molecule has 4 heterocycles. The van der Waals surface area contributed by atoms with Crippen LogP contribution < -0.4 is 33.1 Å². The predicted molar refractivity (Wildman–Crippen MR) is 290 cm³/mol. The second-order valence-corrected chi connectivity index (χ2v) is 21.4. The highest BCUT2D eigenvalue weighted by molar-refractivity contribution is 7.86. The van der Waals surface area contributed by atoms with Gasteiger partial charge in [-0.1, -0.05) is 91.3 Å². The lowest BCUT2D eigenvalue weighted by molar-refractivity contribution is -0.673. The van der Waals surface area contributed by atoms with Crippen molar-refractivity contribution in [3.8, 4) is 39.5 Å². The Bertz CT molecular complexity index is 3710. The number of aryl methyl sites for hydroxylation is 2. The van der Waals surface area contributed by atoms with Gasteiger partial charge in [0.2, 0.25) is 28.6 Å². The minimum absolute atomic E-state index is 0.0316. The van der Waals surface area contributed by atoms with Gasteiger partial charge in [0.15, 0.2) is 11.5 Å². The van der Waals surface area contributed by atoms with Crippen molar-refractivity contribution in [3.05, 3.63) is 186 Å². The summed E-state index contributed by atoms with van der Waals surface area (Å²) in [6.07, 6.45) is 7.40. The molecule has 0 unspecified atom stereocenters. The van der Waals surface area contributed by atoms with Gasteiger partial charge in [-0.25, -0.2) is 0 Å². The molecule has 0 bridgehead atoms. The number of aromatic nitrogens is 2. The number of halogens is 1. The van der Waals surface area contributed by atoms with Crippen LogP contribution in [0.15, 0.2) is 173 Å². The lowest BCUT2D eigenvalue weighted by Crippen LogP contribution is -2.38. The number of rotatable bonds is 15. The molecule has 0 fully saturated rings. The average Bonchev–Trinajstić information content (AvgIpc) is 4.02. The van der Waals surface area contributed by atoms with Gasteiger partial charge in [0.25, 0.3) is 25.8 Å². The number of hydrogen-bond donors (Lipinski definition) is 2. The average molecular weight is 1060 g/mol. The van der Waals surface area contributed by atoms with E-state index in [0.29, 0.717) is 59.8 Å². The first-order chi connectivity index (χ1) is 35.5. The van der Waals surface area contributed by atoms with Gasteiger partial charge in [0.1, 0.15) is 19.3 Å². The number of pyridine rings is 1. The lowest BCUT2D eigenvalue weighted by atomic mass is 10.0. The van der Waals surface area contributed by atoms with Crippen molar-refractivity contribution in [2.75, 3.05) is 42.0 Å². The Morgan fingerprint density at radius 2 is 1.35 bits per heavy atom. The zero-order valence-electron chi connectivity index (χ0n) is 41.2. The van der Waals surface area contributed by atoms with Crippen LogP contribution in [0.1, 0.15) is 37.8 Å². The van der Waals surface area contributed by atoms with Crippen LogP contribution in [-0.4, -0.2) is 58.1 Å². The summed E-state index contributed by atoms with van der Waals surface area (Å²) in [5, 5.41) is 1.63. The minimum Gasteiger partial charge on any atom is -0.497 e. The molecule has 2 aliphatic rings. The van der Waals surface area contributed by atoms with E-state index < -0.39 is 26.0 Å². The van der Waals surface area contributed by atoms with E-state index in [1.807, 2.05) is 164 Å². The second kappa shape index (κ2) is 21.9. The van der Waals surface area contributed by atoms with Crippen LogP contribution in [0.3, 0.4) is 0 Å². The van der Waals surface area contributed by atoms with Gasteiger partial charge in [-0.15, -0.1) is 0 Å². The van der Waals surface area contributed by atoms with Crippen LogP contribution in [0.4, 0.5) is 11.4 Å². The van der Waals surface area contributed by atoms with Crippen LogP contribution in [0.25, 0.3) is 56.4 Å². The number of methoxy groups -OCH3 is 1. The van der Waals surface area contributed by atoms with Crippen molar-refractivity contribution in [2.45, 2.75) is 32.7 Å². The summed E-state index contributed by atoms with van der Waals surface area (Å²) in [6.45, 7) is 2.62. The number of benzene rings is 6. The van der Waals surface area contributed by atoms with Gasteiger partial charge >= 0.3 is 5.89 Å². The van der Waals surface area contributed by atoms with E-state index in [2.05, 4.69) is 28.8 Å². The van der Waals surface area contributed by atoms with Crippen LogP contribution in [-0.2, 0) is 33.8 Å². The summed E-state index contributed by atoms with van der Waals surface area (Å²) >= 11 is 6.16. The maximum atomic E-state index is 11.6. The van der Waals surface area contributed by atoms with E-state index >= 15 is 0 Å². The molecule has 2 N–H and O–H groups in total. The molecule has 2 aliphatic heterocycles. The highest BCUT2D eigenvalue weighted by Crippen LogP contribution is 2.43. The summed E-state index contributed by atoms with van der Waals surface area (Å²) in [7, 11) is -2.64. The number of allylic oxidation sites excluding steroid dienone is 2. The number of oxazole rings is 1. The quantitative estimate of drug-likeness (QED) is 0.0568. The Hall–Kier alpha value is -7.47. The molecule has 14 nitrogen and oxygen atoms in total. The standard InChI is InChI=1S/C29H28N2O5S.C28H25ClN2O5S/c1-30-27-19-22(21-8-4-3-5-9-21)11-15-28(27)36-29(30)20-24-12-10-23-18-25(35-2)13-14-26(23)31(24)16-6-7-17-37(32,33)34;1-3-19(15-27-30(2)23-18-22(29)10-12-25(23)35-27)16-28-31(13-14-37(32,33)34)24-17-21(9-11-26(24)36-28)20-7-5-4-6-8-20/h3-5,8-15,18-20H,6-7,16-17H2,1-2H3;4-12,15-18H,3,13-14H2,1-2H3/p+2. The molecule has 17 heteroatoms. The Labute approximate surface area is 435 Å². The van der Waals surface area contributed by atoms with Crippen molar-refractivity contribution in [1.29, 1.82) is 0 Å². The monoisotopic (exact) mass is 1050 g/mol. The summed E-state index contributed by atoms with van der Waals surface area (Å²) in [5.41, 5.74) is 10.4. The topological polar surface area (TPSA) is 164 Å². The summed E-state index contributed by atoms with van der Waals surface area (Å²) in [4.78, 5) is 3.81. The molecule has 380 valence electrons. The SMILES string of the molecule is CCC(=Cc1oc2ccc(Cl)cc2[n+]1C)C=C1Oc2ccc(-c3ccccc3)cc2N1CCS(=O)(=O)O.COc1ccc2c(ccc(/C=C3\Oc4ccc(-c5ccccc5)cc4N3C)[n+]2CCCCS(=O)(=O)O)c1. The van der Waals surface area contributed by atoms with Crippen LogP contribution in [0.2, 0.25) is 5.02 Å². The molecule has 10 rings (SSSR count). The first-order valence-electron chi connectivity index (χ1n) is 23.9. The van der Waals surface area contributed by atoms with Crippen molar-refractivity contribution >= 4 is 77.4 Å². The molecule has 0 spiro atoms. The fraction of sp³-hybridized carbons (Fsp3) is 0.193. The third-order valence-electron chi connectivity index (χ3n) is 12.8. The van der Waals surface area contributed by atoms with E-state index in [1.54, 1.807) is 18.1 Å². The smallest absolute Gasteiger partial charge is 0.374 e. The van der Waals surface area contributed by atoms with Gasteiger partial charge in [-0.3, -0.25) is 9.11 Å². The normalized spacial score (nSPS) is 14.5. The summed E-state index contributed by atoms with van der Waals surface area (Å²) in [6, 6.07) is 47.5. The van der Waals surface area contributed by atoms with Crippen molar-refractivity contribution < 1.29 is 53.7 Å². The fourth-order valence-corrected chi connectivity index (χ4v) is 10.0. The first-order valence-corrected chi connectivity index (χ1v) is 27.5. The van der Waals surface area contributed by atoms with Gasteiger partial charge in [0, 0.05) is 49.3 Å². The molecular weight excluding hydrogens is 1000 g/mol. The largest absolute Gasteiger partial charge is 0.497 e. The number of unbranched alkanes of at least 4 members (excludes halogenated alkanes) is 1. The zero-order chi connectivity index (χ0) is 52.1. The Kier molecular flexibility index (Phi) is 15.2. The maximum absolute atomic E-state index is 11.6. The van der Waals surface area contributed by atoms with Crippen molar-refractivity contribution in [3.63, 3.8) is 0 Å². The Balaban J connectivity index is 0.000000182. The Morgan fingerprint density at radius 1 is 0.703 bits per heavy atom. The van der Waals surface area contributed by atoms with E-state index in [4.69, 9.17) is 34.8 Å². The molecule has 8 aromatic rings. The second-order valence-electron chi connectivity index (χ2n) is 17.8. The van der Waals surface area contributed by atoms with Crippen molar-refractivity contribution in [2.24, 2.45) is 7.05 Å². The number of nitrogens with zero attached hydrogens (tertiary/aromatic N) is 4. The van der Waals surface area contributed by atoms with Gasteiger partial charge < -0.3 is 28.4 Å². The van der Waals surface area contributed by atoms with E-state index in [9.17, 15) is 21.4 Å². The highest BCUT2D eigenvalue weighted by Gasteiger charge is 2.30. The number of fused-ring (bicyclic) bond motifs is 4. The lowest BCUT2D eigenvalue weighted by Gasteiger charge is -2.18. The summed E-state index contributed by atoms with van der Waals surface area (Å²) < 4.78 is 92.0. The molecule has 0 saturated heterocycles. The molecule has 0 radical (unpaired) electrons. The molecular formula is C57H55ClN4O10S2+2. The third-order valence-corrected chi connectivity index (χ3v) is 14.6. The van der Waals surface area contributed by atoms with E-state index in [1.165, 1.54) is 0 Å². The molecule has 74 heavy (non-hydrogen) atoms. The highest BCUT2D eigenvalue weighted by atomic mass is 35.5. The molecule has 0 atom stereocenters. The number of ether oxygens (including phenoxy) is 3. The fourth-order valence-electron chi connectivity index (χ4n) is 8.89. The van der Waals surface area contributed by atoms with Crippen LogP contribution in [0.5, 0.6) is 17.2 Å². The van der Waals surface area contributed by atoms with E-state index in [-0.39, 0.29) is 12.3 Å². The third kappa shape index (κ3) is 12.0. The maximum Gasteiger partial charge on any atom is 0.374 e. The van der Waals surface area contributed by atoms with E-state index in [0.717, 1.165) is 72.8 Å². The predicted octanol–water partition coefficient (Wildman–Crippen LogP) is 11.3. The molecule has 0 amide bonds. The molecule has 6 aromatic carbocycles. The van der Waals surface area contributed by atoms with Gasteiger partial charge in [-0.2, -0.15) is 26.0 Å². The van der Waals surface area contributed by atoms with Crippen molar-refractivity contribution in [1.82, 2.24) is 0 Å². The molecule has 0 saturated carbocycles. The number of anilines is 2.